The van der Waals surface area contributed by atoms with Crippen LogP contribution in [0.2, 0.25) is 0 Å². The second kappa shape index (κ2) is 10.00. The molecule has 3 aromatic rings. The summed E-state index contributed by atoms with van der Waals surface area (Å²) in [7, 11) is 0. The predicted octanol–water partition coefficient (Wildman–Crippen LogP) is 6.95. The van der Waals surface area contributed by atoms with E-state index in [2.05, 4.69) is 92.6 Å². The number of unbranched alkanes of at least 4 members (excludes halogenated alkanes) is 2. The number of H-pyrrole nitrogens is 1. The number of rotatable bonds is 8. The van der Waals surface area contributed by atoms with Crippen LogP contribution >= 0.6 is 0 Å². The van der Waals surface area contributed by atoms with E-state index in [4.69, 9.17) is 0 Å². The van der Waals surface area contributed by atoms with E-state index in [-0.39, 0.29) is 22.7 Å². The molecule has 0 aliphatic heterocycles. The van der Waals surface area contributed by atoms with Crippen LogP contribution in [0.3, 0.4) is 0 Å². The fourth-order valence-electron chi connectivity index (χ4n) is 5.67. The number of nitrogens with zero attached hydrogens (tertiary/aromatic N) is 3. The first-order valence-corrected chi connectivity index (χ1v) is 13.1. The first-order chi connectivity index (χ1) is 17.1. The molecular formula is C30H39N5O. The molecule has 1 aliphatic carbocycles. The zero-order valence-electron chi connectivity index (χ0n) is 22.7. The SMILES string of the molecule is CCCCCc1cc2c(cc1/C(C)=C/c1ccc(C(=O)Nc3nn[nH]n3)cc1)C(C)(C)C(C)C2(C)C. The summed E-state index contributed by atoms with van der Waals surface area (Å²) >= 11 is 0. The minimum atomic E-state index is -0.264. The van der Waals surface area contributed by atoms with E-state index in [1.807, 2.05) is 24.3 Å². The zero-order valence-corrected chi connectivity index (χ0v) is 22.7. The van der Waals surface area contributed by atoms with Crippen molar-refractivity contribution in [1.82, 2.24) is 20.6 Å². The van der Waals surface area contributed by atoms with Crippen LogP contribution in [0.1, 0.15) is 106 Å². The maximum Gasteiger partial charge on any atom is 0.270 e. The lowest BCUT2D eigenvalue weighted by Gasteiger charge is -2.32. The molecule has 2 N–H and O–H groups in total. The quantitative estimate of drug-likeness (QED) is 0.267. The van der Waals surface area contributed by atoms with E-state index >= 15 is 0 Å². The van der Waals surface area contributed by atoms with Crippen LogP contribution in [0.5, 0.6) is 0 Å². The Labute approximate surface area is 215 Å². The molecule has 1 unspecified atom stereocenters. The van der Waals surface area contributed by atoms with Gasteiger partial charge in [-0.05, 0) is 87.2 Å². The Morgan fingerprint density at radius 2 is 1.72 bits per heavy atom. The molecule has 0 bridgehead atoms. The van der Waals surface area contributed by atoms with Gasteiger partial charge in [-0.25, -0.2) is 0 Å². The number of aromatic amines is 1. The number of aromatic nitrogens is 4. The third-order valence-corrected chi connectivity index (χ3v) is 8.40. The summed E-state index contributed by atoms with van der Waals surface area (Å²) < 4.78 is 0. The molecule has 1 atom stereocenters. The van der Waals surface area contributed by atoms with Crippen LogP contribution in [0.25, 0.3) is 11.6 Å². The number of benzene rings is 2. The molecule has 6 nitrogen and oxygen atoms in total. The van der Waals surface area contributed by atoms with Crippen molar-refractivity contribution in [2.45, 2.75) is 85.0 Å². The molecular weight excluding hydrogens is 446 g/mol. The predicted molar refractivity (Wildman–Crippen MR) is 147 cm³/mol. The van der Waals surface area contributed by atoms with Gasteiger partial charge in [0.25, 0.3) is 11.9 Å². The number of fused-ring (bicyclic) bond motifs is 1. The van der Waals surface area contributed by atoms with Gasteiger partial charge in [0.05, 0.1) is 0 Å². The van der Waals surface area contributed by atoms with E-state index < -0.39 is 0 Å². The van der Waals surface area contributed by atoms with Gasteiger partial charge in [-0.1, -0.05) is 89.8 Å². The fourth-order valence-corrected chi connectivity index (χ4v) is 5.67. The number of aryl methyl sites for hydroxylation is 1. The van der Waals surface area contributed by atoms with Gasteiger partial charge >= 0.3 is 0 Å². The molecule has 0 spiro atoms. The van der Waals surface area contributed by atoms with E-state index in [1.165, 1.54) is 47.1 Å². The van der Waals surface area contributed by atoms with Crippen molar-refractivity contribution in [3.8, 4) is 0 Å². The van der Waals surface area contributed by atoms with Crippen LogP contribution in [0.4, 0.5) is 5.95 Å². The first kappa shape index (κ1) is 25.8. The fraction of sp³-hybridized carbons (Fsp3) is 0.467. The van der Waals surface area contributed by atoms with Crippen molar-refractivity contribution >= 4 is 23.5 Å². The van der Waals surface area contributed by atoms with Crippen molar-refractivity contribution < 1.29 is 4.79 Å². The Balaban J connectivity index is 1.66. The highest BCUT2D eigenvalue weighted by atomic mass is 16.1. The number of nitrogens with one attached hydrogen (secondary N) is 2. The molecule has 1 heterocycles. The second-order valence-electron chi connectivity index (χ2n) is 11.3. The third kappa shape index (κ3) is 4.86. The van der Waals surface area contributed by atoms with E-state index in [0.717, 1.165) is 12.0 Å². The van der Waals surface area contributed by atoms with Gasteiger partial charge in [-0.2, -0.15) is 5.21 Å². The third-order valence-electron chi connectivity index (χ3n) is 8.40. The number of hydrogen-bond acceptors (Lipinski definition) is 4. The minimum absolute atomic E-state index is 0.128. The Hall–Kier alpha value is -3.28. The summed E-state index contributed by atoms with van der Waals surface area (Å²) in [4.78, 5) is 12.4. The largest absolute Gasteiger partial charge is 0.288 e. The number of anilines is 1. The summed E-state index contributed by atoms with van der Waals surface area (Å²) in [5, 5.41) is 15.9. The van der Waals surface area contributed by atoms with E-state index in [1.54, 1.807) is 0 Å². The highest BCUT2D eigenvalue weighted by Crippen LogP contribution is 2.54. The van der Waals surface area contributed by atoms with Crippen LogP contribution < -0.4 is 5.32 Å². The molecule has 1 amide bonds. The summed E-state index contributed by atoms with van der Waals surface area (Å²) in [5.74, 6) is 0.459. The number of allylic oxidation sites excluding steroid dienone is 1. The molecule has 6 heteroatoms. The van der Waals surface area contributed by atoms with Crippen LogP contribution in [0.15, 0.2) is 36.4 Å². The Bertz CT molecular complexity index is 1250. The minimum Gasteiger partial charge on any atom is -0.288 e. The van der Waals surface area contributed by atoms with Crippen molar-refractivity contribution in [1.29, 1.82) is 0 Å². The molecule has 2 aromatic carbocycles. The number of hydrogen-bond donors (Lipinski definition) is 2. The Kier molecular flexibility index (Phi) is 7.17. The molecule has 36 heavy (non-hydrogen) atoms. The van der Waals surface area contributed by atoms with Gasteiger partial charge in [0, 0.05) is 5.56 Å². The van der Waals surface area contributed by atoms with Gasteiger partial charge in [-0.3, -0.25) is 10.1 Å². The standard InChI is InChI=1S/C30H39N5O/c1-8-9-10-11-23-17-25-26(30(6,7)20(3)29(25,4)5)18-24(23)19(2)16-21-12-14-22(15-13-21)27(36)31-28-32-34-35-33-28/h12-18,20H,8-11H2,1-7H3,(H2,31,32,33,34,35,36)/b19-16+. The van der Waals surface area contributed by atoms with Crippen molar-refractivity contribution in [2.24, 2.45) is 5.92 Å². The lowest BCUT2D eigenvalue weighted by Crippen LogP contribution is -2.30. The number of carbonyl (C=O) groups is 1. The smallest absolute Gasteiger partial charge is 0.270 e. The molecule has 0 saturated heterocycles. The average Bonchev–Trinajstić information content (AvgIpc) is 3.40. The van der Waals surface area contributed by atoms with Gasteiger partial charge in [0.2, 0.25) is 0 Å². The molecule has 0 fully saturated rings. The summed E-state index contributed by atoms with van der Waals surface area (Å²) in [6.07, 6.45) is 7.00. The lowest BCUT2D eigenvalue weighted by molar-refractivity contribution is 0.102. The van der Waals surface area contributed by atoms with Gasteiger partial charge in [0.1, 0.15) is 0 Å². The molecule has 0 radical (unpaired) electrons. The van der Waals surface area contributed by atoms with Gasteiger partial charge in [-0.15, -0.1) is 5.10 Å². The van der Waals surface area contributed by atoms with Crippen molar-refractivity contribution in [2.75, 3.05) is 5.32 Å². The normalized spacial score (nSPS) is 18.2. The zero-order chi connectivity index (χ0) is 26.1. The van der Waals surface area contributed by atoms with Crippen LogP contribution in [0, 0.1) is 5.92 Å². The monoisotopic (exact) mass is 485 g/mol. The molecule has 1 aliphatic rings. The van der Waals surface area contributed by atoms with Crippen molar-refractivity contribution in [3.63, 3.8) is 0 Å². The number of tetrazole rings is 1. The second-order valence-corrected chi connectivity index (χ2v) is 11.3. The summed E-state index contributed by atoms with van der Waals surface area (Å²) in [6.45, 7) is 16.5. The summed E-state index contributed by atoms with van der Waals surface area (Å²) in [5.41, 5.74) is 8.95. The maximum absolute atomic E-state index is 12.4. The lowest BCUT2D eigenvalue weighted by atomic mass is 9.71. The van der Waals surface area contributed by atoms with Crippen molar-refractivity contribution in [3.05, 3.63) is 69.8 Å². The highest BCUT2D eigenvalue weighted by Gasteiger charge is 2.48. The highest BCUT2D eigenvalue weighted by molar-refractivity contribution is 6.03. The Morgan fingerprint density at radius 1 is 1.06 bits per heavy atom. The average molecular weight is 486 g/mol. The number of carbonyl (C=O) groups excluding carboxylic acids is 1. The van der Waals surface area contributed by atoms with Gasteiger partial charge in [0.15, 0.2) is 0 Å². The van der Waals surface area contributed by atoms with Crippen LogP contribution in [-0.2, 0) is 17.3 Å². The van der Waals surface area contributed by atoms with E-state index in [0.29, 0.717) is 11.5 Å². The molecule has 0 saturated carbocycles. The van der Waals surface area contributed by atoms with E-state index in [9.17, 15) is 4.79 Å². The Morgan fingerprint density at radius 3 is 2.33 bits per heavy atom. The van der Waals surface area contributed by atoms with Gasteiger partial charge < -0.3 is 0 Å². The topological polar surface area (TPSA) is 83.6 Å². The molecule has 1 aromatic heterocycles. The first-order valence-electron chi connectivity index (χ1n) is 13.1. The summed E-state index contributed by atoms with van der Waals surface area (Å²) in [6, 6.07) is 12.6. The molecule has 4 rings (SSSR count). The molecule has 190 valence electrons. The maximum atomic E-state index is 12.4. The van der Waals surface area contributed by atoms with Crippen LogP contribution in [-0.4, -0.2) is 26.5 Å². The number of amides is 1.